The van der Waals surface area contributed by atoms with Crippen LogP contribution in [0.3, 0.4) is 0 Å². The van der Waals surface area contributed by atoms with Crippen molar-refractivity contribution < 1.29 is 4.79 Å². The van der Waals surface area contributed by atoms with E-state index < -0.39 is 0 Å². The molecular formula is C14H29N3O. The van der Waals surface area contributed by atoms with Gasteiger partial charge in [-0.25, -0.2) is 0 Å². The number of hydrogen-bond donors (Lipinski definition) is 2. The molecule has 1 aliphatic rings. The summed E-state index contributed by atoms with van der Waals surface area (Å²) in [5.74, 6) is 0.522. The first-order valence-electron chi connectivity index (χ1n) is 7.02. The minimum atomic E-state index is -0.00958. The topological polar surface area (TPSA) is 58.4 Å². The molecule has 1 rings (SSSR count). The third kappa shape index (κ3) is 4.58. The molecule has 3 N–H and O–H groups in total. The lowest BCUT2D eigenvalue weighted by Crippen LogP contribution is -2.48. The molecule has 0 saturated heterocycles. The zero-order chi connectivity index (χ0) is 13.8. The van der Waals surface area contributed by atoms with Crippen molar-refractivity contribution in [1.82, 2.24) is 10.2 Å². The lowest BCUT2D eigenvalue weighted by Gasteiger charge is -2.33. The Labute approximate surface area is 111 Å². The van der Waals surface area contributed by atoms with Gasteiger partial charge in [-0.2, -0.15) is 0 Å². The molecule has 4 heteroatoms. The number of carbonyl (C=O) groups excluding carboxylic acids is 1. The van der Waals surface area contributed by atoms with E-state index in [0.29, 0.717) is 18.9 Å². The van der Waals surface area contributed by atoms with Gasteiger partial charge >= 0.3 is 0 Å². The molecule has 0 spiro atoms. The molecule has 0 aromatic rings. The number of amides is 1. The van der Waals surface area contributed by atoms with Gasteiger partial charge in [-0.15, -0.1) is 0 Å². The van der Waals surface area contributed by atoms with Crippen LogP contribution in [0.5, 0.6) is 0 Å². The maximum absolute atomic E-state index is 11.9. The van der Waals surface area contributed by atoms with Crippen LogP contribution < -0.4 is 11.1 Å². The lowest BCUT2D eigenvalue weighted by molar-refractivity contribution is -0.122. The maximum Gasteiger partial charge on any atom is 0.220 e. The molecule has 1 aliphatic carbocycles. The maximum atomic E-state index is 11.9. The molecule has 0 aromatic heterocycles. The van der Waals surface area contributed by atoms with Crippen LogP contribution in [0.2, 0.25) is 0 Å². The molecule has 106 valence electrons. The van der Waals surface area contributed by atoms with Crippen LogP contribution in [-0.2, 0) is 4.79 Å². The summed E-state index contributed by atoms with van der Waals surface area (Å²) in [5, 5.41) is 3.04. The summed E-state index contributed by atoms with van der Waals surface area (Å²) in [7, 11) is 4.06. The first-order valence-corrected chi connectivity index (χ1v) is 7.02. The number of nitrogens with one attached hydrogen (secondary N) is 1. The van der Waals surface area contributed by atoms with Gasteiger partial charge in [0.15, 0.2) is 0 Å². The molecule has 0 heterocycles. The van der Waals surface area contributed by atoms with Gasteiger partial charge in [0.05, 0.1) is 0 Å². The fourth-order valence-electron chi connectivity index (χ4n) is 2.27. The number of nitrogens with zero attached hydrogens (tertiary/aromatic N) is 1. The summed E-state index contributed by atoms with van der Waals surface area (Å²) in [6.45, 7) is 4.93. The molecule has 4 nitrogen and oxygen atoms in total. The van der Waals surface area contributed by atoms with E-state index in [1.165, 1.54) is 12.8 Å². The third-order valence-electron chi connectivity index (χ3n) is 4.34. The minimum Gasteiger partial charge on any atom is -0.354 e. The molecule has 1 saturated carbocycles. The Bertz CT molecular complexity index is 276. The molecule has 0 aromatic carbocycles. The first-order chi connectivity index (χ1) is 8.33. The van der Waals surface area contributed by atoms with Crippen molar-refractivity contribution in [2.24, 2.45) is 11.7 Å². The Balaban J connectivity index is 2.33. The van der Waals surface area contributed by atoms with Crippen molar-refractivity contribution in [2.45, 2.75) is 57.5 Å². The van der Waals surface area contributed by atoms with Crippen molar-refractivity contribution >= 4 is 5.91 Å². The quantitative estimate of drug-likeness (QED) is 0.779. The largest absolute Gasteiger partial charge is 0.354 e. The Morgan fingerprint density at radius 3 is 2.50 bits per heavy atom. The van der Waals surface area contributed by atoms with Crippen LogP contribution in [0.4, 0.5) is 0 Å². The van der Waals surface area contributed by atoms with Gasteiger partial charge < -0.3 is 16.0 Å². The number of nitrogens with two attached hydrogens (primary N) is 1. The lowest BCUT2D eigenvalue weighted by atomic mass is 9.83. The Kier molecular flexibility index (Phi) is 5.60. The van der Waals surface area contributed by atoms with Crippen molar-refractivity contribution in [3.05, 3.63) is 0 Å². The van der Waals surface area contributed by atoms with Gasteiger partial charge in [0.25, 0.3) is 0 Å². The molecule has 2 atom stereocenters. The predicted octanol–water partition coefficient (Wildman–Crippen LogP) is 1.35. The van der Waals surface area contributed by atoms with Gasteiger partial charge in [-0.3, -0.25) is 4.79 Å². The summed E-state index contributed by atoms with van der Waals surface area (Å²) in [4.78, 5) is 14.1. The summed E-state index contributed by atoms with van der Waals surface area (Å²) < 4.78 is 0. The van der Waals surface area contributed by atoms with Crippen molar-refractivity contribution in [3.8, 4) is 0 Å². The summed E-state index contributed by atoms with van der Waals surface area (Å²) in [6.07, 6.45) is 5.19. The number of rotatable bonds is 5. The van der Waals surface area contributed by atoms with Gasteiger partial charge in [0, 0.05) is 24.5 Å². The number of carbonyl (C=O) groups is 1. The van der Waals surface area contributed by atoms with E-state index in [0.717, 1.165) is 12.8 Å². The first kappa shape index (κ1) is 15.4. The van der Waals surface area contributed by atoms with Gasteiger partial charge in [-0.1, -0.05) is 12.8 Å². The average molecular weight is 255 g/mol. The van der Waals surface area contributed by atoms with Gasteiger partial charge in [-0.05, 0) is 46.7 Å². The molecule has 2 unspecified atom stereocenters. The van der Waals surface area contributed by atoms with E-state index in [2.05, 4.69) is 24.1 Å². The second kappa shape index (κ2) is 6.53. The highest BCUT2D eigenvalue weighted by atomic mass is 16.1. The van der Waals surface area contributed by atoms with Crippen LogP contribution in [-0.4, -0.2) is 43.0 Å². The van der Waals surface area contributed by atoms with Crippen molar-refractivity contribution in [1.29, 1.82) is 0 Å². The predicted molar refractivity (Wildman–Crippen MR) is 75.3 cm³/mol. The van der Waals surface area contributed by atoms with Crippen LogP contribution >= 0.6 is 0 Å². The minimum absolute atomic E-state index is 0.00958. The van der Waals surface area contributed by atoms with E-state index in [1.807, 2.05) is 14.1 Å². The normalized spacial score (nSPS) is 25.2. The van der Waals surface area contributed by atoms with Crippen LogP contribution in [0, 0.1) is 5.92 Å². The zero-order valence-electron chi connectivity index (χ0n) is 12.3. The third-order valence-corrected chi connectivity index (χ3v) is 4.34. The Morgan fingerprint density at radius 1 is 1.33 bits per heavy atom. The highest BCUT2D eigenvalue weighted by Gasteiger charge is 2.25. The molecule has 0 aliphatic heterocycles. The SMILES string of the molecule is CN(C)C(C)(C)CNC(=O)CC1CCCCC1N. The van der Waals surface area contributed by atoms with Crippen LogP contribution in [0.15, 0.2) is 0 Å². The fourth-order valence-corrected chi connectivity index (χ4v) is 2.27. The molecule has 0 bridgehead atoms. The monoisotopic (exact) mass is 255 g/mol. The number of likely N-dealkylation sites (N-methyl/N-ethyl adjacent to an activating group) is 1. The van der Waals surface area contributed by atoms with E-state index in [4.69, 9.17) is 5.73 Å². The average Bonchev–Trinajstić information content (AvgIpc) is 2.29. The van der Waals surface area contributed by atoms with E-state index in [-0.39, 0.29) is 17.5 Å². The summed E-state index contributed by atoms with van der Waals surface area (Å²) in [5.41, 5.74) is 6.06. The molecule has 18 heavy (non-hydrogen) atoms. The van der Waals surface area contributed by atoms with Crippen LogP contribution in [0.1, 0.15) is 46.0 Å². The van der Waals surface area contributed by atoms with E-state index in [1.54, 1.807) is 0 Å². The highest BCUT2D eigenvalue weighted by Crippen LogP contribution is 2.25. The smallest absolute Gasteiger partial charge is 0.220 e. The van der Waals surface area contributed by atoms with Crippen molar-refractivity contribution in [3.63, 3.8) is 0 Å². The summed E-state index contributed by atoms with van der Waals surface area (Å²) >= 11 is 0. The zero-order valence-corrected chi connectivity index (χ0v) is 12.3. The van der Waals surface area contributed by atoms with E-state index in [9.17, 15) is 4.79 Å². The summed E-state index contributed by atoms with van der Waals surface area (Å²) in [6, 6.07) is 0.214. The second-order valence-electron chi connectivity index (χ2n) is 6.40. The van der Waals surface area contributed by atoms with Crippen LogP contribution in [0.25, 0.3) is 0 Å². The van der Waals surface area contributed by atoms with Crippen molar-refractivity contribution in [2.75, 3.05) is 20.6 Å². The Hall–Kier alpha value is -0.610. The standard InChI is InChI=1S/C14H29N3O/c1-14(2,17(3)4)10-16-13(18)9-11-7-5-6-8-12(11)15/h11-12H,5-10,15H2,1-4H3,(H,16,18). The molecule has 0 radical (unpaired) electrons. The second-order valence-corrected chi connectivity index (χ2v) is 6.40. The van der Waals surface area contributed by atoms with Gasteiger partial charge in [0.1, 0.15) is 0 Å². The van der Waals surface area contributed by atoms with Gasteiger partial charge in [0.2, 0.25) is 5.91 Å². The fraction of sp³-hybridized carbons (Fsp3) is 0.929. The molecule has 1 amide bonds. The Morgan fingerprint density at radius 2 is 1.94 bits per heavy atom. The molecule has 1 fully saturated rings. The highest BCUT2D eigenvalue weighted by molar-refractivity contribution is 5.76. The molecular weight excluding hydrogens is 226 g/mol. The van der Waals surface area contributed by atoms with E-state index >= 15 is 0 Å². The number of hydrogen-bond acceptors (Lipinski definition) is 3.